The summed E-state index contributed by atoms with van der Waals surface area (Å²) in [4.78, 5) is 11.8. The average Bonchev–Trinajstić information content (AvgIpc) is 3.29. The number of carbonyl (C=O) groups excluding carboxylic acids is 1. The highest BCUT2D eigenvalue weighted by Gasteiger charge is 2.23. The number of alkyl carbamates (subject to hydrolysis) is 1. The molecule has 0 aliphatic heterocycles. The molecule has 1 amide bonds. The Morgan fingerprint density at radius 3 is 2.70 bits per heavy atom. The molecule has 0 spiro atoms. The molecule has 1 fully saturated rings. The zero-order chi connectivity index (χ0) is 16.9. The Kier molecular flexibility index (Phi) is 6.05. The maximum Gasteiger partial charge on any atom is 0.407 e. The minimum atomic E-state index is -0.459. The summed E-state index contributed by atoms with van der Waals surface area (Å²) >= 11 is 0. The van der Waals surface area contributed by atoms with Crippen molar-refractivity contribution in [1.29, 1.82) is 0 Å². The largest absolute Gasteiger partial charge is 0.444 e. The van der Waals surface area contributed by atoms with Crippen LogP contribution in [0, 0.1) is 0 Å². The first-order valence-electron chi connectivity index (χ1n) is 8.66. The Labute approximate surface area is 140 Å². The van der Waals surface area contributed by atoms with Crippen LogP contribution in [-0.4, -0.2) is 24.3 Å². The van der Waals surface area contributed by atoms with Crippen LogP contribution in [-0.2, 0) is 11.3 Å². The van der Waals surface area contributed by atoms with Gasteiger partial charge in [0.15, 0.2) is 0 Å². The quantitative estimate of drug-likeness (QED) is 0.800. The van der Waals surface area contributed by atoms with E-state index in [9.17, 15) is 4.79 Å². The standard InChI is InChI=1S/C19H30N2O2/c1-5-17(21-18(22)23-19(2,3)4)13-20-12-14-7-6-8-16(11-14)15-9-10-15/h6-8,11,15,17,20H,5,9-10,12-13H2,1-4H3,(H,21,22). The van der Waals surface area contributed by atoms with Gasteiger partial charge in [-0.2, -0.15) is 0 Å². The number of rotatable bonds is 7. The second-order valence-corrected chi connectivity index (χ2v) is 7.40. The van der Waals surface area contributed by atoms with E-state index < -0.39 is 5.60 Å². The molecule has 1 aliphatic rings. The molecule has 23 heavy (non-hydrogen) atoms. The number of amides is 1. The van der Waals surface area contributed by atoms with Gasteiger partial charge in [0.1, 0.15) is 5.60 Å². The molecule has 0 radical (unpaired) electrons. The van der Waals surface area contributed by atoms with Crippen LogP contribution >= 0.6 is 0 Å². The van der Waals surface area contributed by atoms with Crippen LogP contribution in [0.5, 0.6) is 0 Å². The van der Waals surface area contributed by atoms with Gasteiger partial charge in [-0.15, -0.1) is 0 Å². The van der Waals surface area contributed by atoms with Gasteiger partial charge in [-0.1, -0.05) is 31.2 Å². The van der Waals surface area contributed by atoms with Crippen molar-refractivity contribution in [2.24, 2.45) is 0 Å². The zero-order valence-electron chi connectivity index (χ0n) is 14.8. The van der Waals surface area contributed by atoms with Crippen molar-refractivity contribution in [2.75, 3.05) is 6.54 Å². The van der Waals surface area contributed by atoms with Crippen LogP contribution in [0.15, 0.2) is 24.3 Å². The Balaban J connectivity index is 1.74. The normalized spacial score (nSPS) is 16.0. The van der Waals surface area contributed by atoms with Crippen LogP contribution in [0.2, 0.25) is 0 Å². The summed E-state index contributed by atoms with van der Waals surface area (Å²) in [5, 5.41) is 6.36. The Hall–Kier alpha value is -1.55. The van der Waals surface area contributed by atoms with E-state index in [1.807, 2.05) is 20.8 Å². The monoisotopic (exact) mass is 318 g/mol. The number of ether oxygens (including phenoxy) is 1. The van der Waals surface area contributed by atoms with Crippen LogP contribution in [0.4, 0.5) is 4.79 Å². The molecule has 1 aromatic rings. The van der Waals surface area contributed by atoms with Gasteiger partial charge in [-0.05, 0) is 57.1 Å². The smallest absolute Gasteiger partial charge is 0.407 e. The second kappa shape index (κ2) is 7.82. The predicted molar refractivity (Wildman–Crippen MR) is 93.6 cm³/mol. The van der Waals surface area contributed by atoms with Gasteiger partial charge >= 0.3 is 6.09 Å². The van der Waals surface area contributed by atoms with Crippen molar-refractivity contribution in [3.63, 3.8) is 0 Å². The van der Waals surface area contributed by atoms with Crippen molar-refractivity contribution in [1.82, 2.24) is 10.6 Å². The Bertz CT molecular complexity index is 518. The molecule has 4 nitrogen and oxygen atoms in total. The topological polar surface area (TPSA) is 50.4 Å². The highest BCUT2D eigenvalue weighted by Crippen LogP contribution is 2.40. The van der Waals surface area contributed by atoms with Crippen molar-refractivity contribution in [3.05, 3.63) is 35.4 Å². The third-order valence-corrected chi connectivity index (χ3v) is 3.93. The van der Waals surface area contributed by atoms with Crippen LogP contribution in [0.1, 0.15) is 64.0 Å². The van der Waals surface area contributed by atoms with Gasteiger partial charge in [-0.25, -0.2) is 4.79 Å². The van der Waals surface area contributed by atoms with Gasteiger partial charge in [0, 0.05) is 19.1 Å². The molecule has 0 heterocycles. The lowest BCUT2D eigenvalue weighted by Gasteiger charge is -2.23. The summed E-state index contributed by atoms with van der Waals surface area (Å²) in [5.74, 6) is 0.784. The zero-order valence-corrected chi connectivity index (χ0v) is 14.8. The van der Waals surface area contributed by atoms with E-state index in [-0.39, 0.29) is 12.1 Å². The van der Waals surface area contributed by atoms with E-state index in [2.05, 4.69) is 41.8 Å². The molecule has 1 saturated carbocycles. The SMILES string of the molecule is CCC(CNCc1cccc(C2CC2)c1)NC(=O)OC(C)(C)C. The fraction of sp³-hybridized carbons (Fsp3) is 0.632. The van der Waals surface area contributed by atoms with Crippen molar-refractivity contribution < 1.29 is 9.53 Å². The minimum Gasteiger partial charge on any atom is -0.444 e. The van der Waals surface area contributed by atoms with E-state index >= 15 is 0 Å². The fourth-order valence-corrected chi connectivity index (χ4v) is 2.54. The second-order valence-electron chi connectivity index (χ2n) is 7.40. The van der Waals surface area contributed by atoms with Crippen molar-refractivity contribution in [2.45, 2.75) is 71.1 Å². The minimum absolute atomic E-state index is 0.0801. The molecular formula is C19H30N2O2. The number of benzene rings is 1. The molecule has 1 atom stereocenters. The maximum atomic E-state index is 11.8. The van der Waals surface area contributed by atoms with E-state index in [1.165, 1.54) is 24.0 Å². The first-order chi connectivity index (χ1) is 10.9. The molecule has 2 N–H and O–H groups in total. The number of hydrogen-bond donors (Lipinski definition) is 2. The lowest BCUT2D eigenvalue weighted by Crippen LogP contribution is -2.43. The Morgan fingerprint density at radius 2 is 2.09 bits per heavy atom. The number of hydrogen-bond acceptors (Lipinski definition) is 3. The highest BCUT2D eigenvalue weighted by atomic mass is 16.6. The first-order valence-corrected chi connectivity index (χ1v) is 8.66. The molecule has 1 aliphatic carbocycles. The third-order valence-electron chi connectivity index (χ3n) is 3.93. The first kappa shape index (κ1) is 17.8. The number of carbonyl (C=O) groups is 1. The summed E-state index contributed by atoms with van der Waals surface area (Å²) in [6, 6.07) is 8.89. The average molecular weight is 318 g/mol. The van der Waals surface area contributed by atoms with Gasteiger partial charge in [-0.3, -0.25) is 0 Å². The van der Waals surface area contributed by atoms with Gasteiger partial charge in [0.2, 0.25) is 0 Å². The molecule has 1 aromatic carbocycles. The lowest BCUT2D eigenvalue weighted by atomic mass is 10.1. The van der Waals surface area contributed by atoms with E-state index in [0.717, 1.165) is 25.4 Å². The molecular weight excluding hydrogens is 288 g/mol. The summed E-state index contributed by atoms with van der Waals surface area (Å²) in [6.07, 6.45) is 3.18. The summed E-state index contributed by atoms with van der Waals surface area (Å²) in [6.45, 7) is 9.25. The summed E-state index contributed by atoms with van der Waals surface area (Å²) < 4.78 is 5.31. The summed E-state index contributed by atoms with van der Waals surface area (Å²) in [5.41, 5.74) is 2.31. The van der Waals surface area contributed by atoms with Crippen LogP contribution in [0.25, 0.3) is 0 Å². The molecule has 1 unspecified atom stereocenters. The Morgan fingerprint density at radius 1 is 1.35 bits per heavy atom. The lowest BCUT2D eigenvalue weighted by molar-refractivity contribution is 0.0502. The molecule has 128 valence electrons. The molecule has 0 aromatic heterocycles. The molecule has 4 heteroatoms. The highest BCUT2D eigenvalue weighted by molar-refractivity contribution is 5.68. The van der Waals surface area contributed by atoms with Gasteiger partial charge in [0.25, 0.3) is 0 Å². The molecule has 2 rings (SSSR count). The molecule has 0 saturated heterocycles. The van der Waals surface area contributed by atoms with Crippen molar-refractivity contribution >= 4 is 6.09 Å². The van der Waals surface area contributed by atoms with Crippen LogP contribution in [0.3, 0.4) is 0 Å². The van der Waals surface area contributed by atoms with Crippen LogP contribution < -0.4 is 10.6 Å². The maximum absolute atomic E-state index is 11.8. The van der Waals surface area contributed by atoms with Gasteiger partial charge in [0.05, 0.1) is 0 Å². The predicted octanol–water partition coefficient (Wildman–Crippen LogP) is 3.96. The fourth-order valence-electron chi connectivity index (χ4n) is 2.54. The molecule has 0 bridgehead atoms. The van der Waals surface area contributed by atoms with Gasteiger partial charge < -0.3 is 15.4 Å². The van der Waals surface area contributed by atoms with E-state index in [1.54, 1.807) is 0 Å². The summed E-state index contributed by atoms with van der Waals surface area (Å²) in [7, 11) is 0. The van der Waals surface area contributed by atoms with E-state index in [4.69, 9.17) is 4.74 Å². The number of nitrogens with one attached hydrogen (secondary N) is 2. The third kappa shape index (κ3) is 6.61. The van der Waals surface area contributed by atoms with Crippen molar-refractivity contribution in [3.8, 4) is 0 Å². The van der Waals surface area contributed by atoms with E-state index in [0.29, 0.717) is 0 Å².